The van der Waals surface area contributed by atoms with Crippen molar-refractivity contribution >= 4 is 23.5 Å². The van der Waals surface area contributed by atoms with Gasteiger partial charge in [0.2, 0.25) is 11.8 Å². The Morgan fingerprint density at radius 3 is 2.22 bits per heavy atom. The Kier molecular flexibility index (Phi) is 9.29. The van der Waals surface area contributed by atoms with E-state index in [-0.39, 0.29) is 30.3 Å². The molecule has 0 heterocycles. The first-order valence-corrected chi connectivity index (χ1v) is 9.09. The lowest BCUT2D eigenvalue weighted by atomic mass is 9.96. The first-order chi connectivity index (χ1) is 12.7. The number of nitrogens with two attached hydrogens (primary N) is 1. The molecular formula is C19H30N4O4. The third-order valence-electron chi connectivity index (χ3n) is 4.42. The molecule has 0 aliphatic heterocycles. The van der Waals surface area contributed by atoms with Crippen LogP contribution in [0.3, 0.4) is 0 Å². The van der Waals surface area contributed by atoms with Crippen molar-refractivity contribution in [2.45, 2.75) is 46.3 Å². The normalized spacial score (nSPS) is 12.9. The van der Waals surface area contributed by atoms with Crippen molar-refractivity contribution in [1.29, 1.82) is 0 Å². The topological polar surface area (TPSA) is 134 Å². The van der Waals surface area contributed by atoms with Gasteiger partial charge in [-0.3, -0.25) is 9.59 Å². The van der Waals surface area contributed by atoms with Gasteiger partial charge in [-0.25, -0.2) is 4.79 Å². The Morgan fingerprint density at radius 2 is 1.70 bits per heavy atom. The van der Waals surface area contributed by atoms with Crippen molar-refractivity contribution in [3.8, 4) is 0 Å². The third-order valence-corrected chi connectivity index (χ3v) is 4.42. The van der Waals surface area contributed by atoms with Crippen LogP contribution in [0.25, 0.3) is 0 Å². The number of aliphatic hydroxyl groups excluding tert-OH is 1. The molecule has 8 heteroatoms. The summed E-state index contributed by atoms with van der Waals surface area (Å²) in [7, 11) is 0. The maximum atomic E-state index is 12.6. The zero-order valence-corrected chi connectivity index (χ0v) is 16.1. The molecule has 0 bridgehead atoms. The minimum Gasteiger partial charge on any atom is -0.392 e. The summed E-state index contributed by atoms with van der Waals surface area (Å²) in [4.78, 5) is 35.8. The van der Waals surface area contributed by atoms with Gasteiger partial charge in [-0.05, 0) is 36.5 Å². The van der Waals surface area contributed by atoms with Crippen LogP contribution in [-0.2, 0) is 16.2 Å². The largest absolute Gasteiger partial charge is 0.392 e. The van der Waals surface area contributed by atoms with Crippen LogP contribution >= 0.6 is 0 Å². The van der Waals surface area contributed by atoms with Crippen LogP contribution < -0.4 is 21.7 Å². The zero-order chi connectivity index (χ0) is 20.4. The lowest BCUT2D eigenvalue weighted by Crippen LogP contribution is -2.46. The van der Waals surface area contributed by atoms with E-state index in [1.54, 1.807) is 24.3 Å². The standard InChI is InChI=1S/C19H30N4O4/c1-12(2)13(3)17(25)23-16(5-4-10-21-19(20)27)18(26)22-15-8-6-14(11-24)7-9-15/h6-9,12-13,16,24H,4-5,10-11H2,1-3H3,(H,22,26)(H,23,25)(H3,20,21,27)/t13-,16+/m0/s1. The summed E-state index contributed by atoms with van der Waals surface area (Å²) in [5, 5.41) is 17.1. The predicted molar refractivity (Wildman–Crippen MR) is 104 cm³/mol. The second-order valence-corrected chi connectivity index (χ2v) is 6.87. The van der Waals surface area contributed by atoms with Gasteiger partial charge in [-0.2, -0.15) is 0 Å². The number of anilines is 1. The summed E-state index contributed by atoms with van der Waals surface area (Å²) < 4.78 is 0. The second kappa shape index (κ2) is 11.2. The minimum atomic E-state index is -0.731. The monoisotopic (exact) mass is 378 g/mol. The third kappa shape index (κ3) is 8.08. The molecule has 1 rings (SSSR count). The molecule has 0 aliphatic carbocycles. The zero-order valence-electron chi connectivity index (χ0n) is 16.1. The fourth-order valence-electron chi connectivity index (χ4n) is 2.32. The van der Waals surface area contributed by atoms with Gasteiger partial charge in [0, 0.05) is 18.2 Å². The van der Waals surface area contributed by atoms with Crippen LogP contribution in [0.5, 0.6) is 0 Å². The van der Waals surface area contributed by atoms with Crippen molar-refractivity contribution in [3.63, 3.8) is 0 Å². The molecule has 27 heavy (non-hydrogen) atoms. The molecule has 4 amide bonds. The lowest BCUT2D eigenvalue weighted by Gasteiger charge is -2.22. The molecule has 0 spiro atoms. The van der Waals surface area contributed by atoms with Gasteiger partial charge in [-0.1, -0.05) is 32.9 Å². The highest BCUT2D eigenvalue weighted by Crippen LogP contribution is 2.13. The maximum Gasteiger partial charge on any atom is 0.312 e. The van der Waals surface area contributed by atoms with Crippen LogP contribution in [0.2, 0.25) is 0 Å². The minimum absolute atomic E-state index is 0.0765. The molecule has 1 aromatic carbocycles. The van der Waals surface area contributed by atoms with Crippen molar-refractivity contribution in [3.05, 3.63) is 29.8 Å². The summed E-state index contributed by atoms with van der Waals surface area (Å²) in [6, 6.07) is 5.44. The summed E-state index contributed by atoms with van der Waals surface area (Å²) in [5.41, 5.74) is 6.34. The second-order valence-electron chi connectivity index (χ2n) is 6.87. The number of hydrogen-bond donors (Lipinski definition) is 5. The van der Waals surface area contributed by atoms with E-state index in [2.05, 4.69) is 16.0 Å². The number of rotatable bonds is 10. The van der Waals surface area contributed by atoms with E-state index in [1.807, 2.05) is 20.8 Å². The van der Waals surface area contributed by atoms with Crippen LogP contribution in [0.15, 0.2) is 24.3 Å². The molecule has 150 valence electrons. The molecule has 0 unspecified atom stereocenters. The van der Waals surface area contributed by atoms with Gasteiger partial charge in [0.25, 0.3) is 0 Å². The average Bonchev–Trinajstić information content (AvgIpc) is 2.63. The number of amides is 4. The van der Waals surface area contributed by atoms with E-state index >= 15 is 0 Å². The Hall–Kier alpha value is -2.61. The number of primary amides is 1. The Labute approximate surface area is 159 Å². The Morgan fingerprint density at radius 1 is 1.07 bits per heavy atom. The van der Waals surface area contributed by atoms with Gasteiger partial charge >= 0.3 is 6.03 Å². The van der Waals surface area contributed by atoms with E-state index in [9.17, 15) is 14.4 Å². The highest BCUT2D eigenvalue weighted by Gasteiger charge is 2.24. The molecule has 2 atom stereocenters. The number of hydrogen-bond acceptors (Lipinski definition) is 4. The van der Waals surface area contributed by atoms with E-state index in [0.717, 1.165) is 5.56 Å². The first kappa shape index (κ1) is 22.4. The van der Waals surface area contributed by atoms with Crippen molar-refractivity contribution in [2.75, 3.05) is 11.9 Å². The molecule has 8 nitrogen and oxygen atoms in total. The van der Waals surface area contributed by atoms with Gasteiger partial charge in [0.15, 0.2) is 0 Å². The highest BCUT2D eigenvalue weighted by atomic mass is 16.3. The van der Waals surface area contributed by atoms with Crippen molar-refractivity contribution in [1.82, 2.24) is 10.6 Å². The molecule has 0 fully saturated rings. The molecule has 1 aromatic rings. The smallest absolute Gasteiger partial charge is 0.312 e. The molecule has 0 aromatic heterocycles. The van der Waals surface area contributed by atoms with E-state index < -0.39 is 12.1 Å². The fourth-order valence-corrected chi connectivity index (χ4v) is 2.32. The van der Waals surface area contributed by atoms with Crippen LogP contribution in [0.4, 0.5) is 10.5 Å². The predicted octanol–water partition coefficient (Wildman–Crippen LogP) is 1.34. The van der Waals surface area contributed by atoms with E-state index in [1.165, 1.54) is 0 Å². The van der Waals surface area contributed by atoms with Crippen LogP contribution in [0, 0.1) is 11.8 Å². The number of nitrogens with one attached hydrogen (secondary N) is 3. The first-order valence-electron chi connectivity index (χ1n) is 9.09. The molecule has 6 N–H and O–H groups in total. The quantitative estimate of drug-likeness (QED) is 0.393. The van der Waals surface area contributed by atoms with Crippen molar-refractivity contribution < 1.29 is 19.5 Å². The molecule has 0 saturated carbocycles. The highest BCUT2D eigenvalue weighted by molar-refractivity contribution is 5.97. The number of carbonyl (C=O) groups is 3. The lowest BCUT2D eigenvalue weighted by molar-refractivity contribution is -0.130. The summed E-state index contributed by atoms with van der Waals surface area (Å²) in [6.45, 7) is 5.95. The Balaban J connectivity index is 2.75. The fraction of sp³-hybridized carbons (Fsp3) is 0.526. The van der Waals surface area contributed by atoms with Gasteiger partial charge in [-0.15, -0.1) is 0 Å². The SMILES string of the molecule is CC(C)[C@H](C)C(=O)N[C@H](CCCNC(N)=O)C(=O)Nc1ccc(CO)cc1. The number of carbonyl (C=O) groups excluding carboxylic acids is 3. The van der Waals surface area contributed by atoms with E-state index in [0.29, 0.717) is 25.1 Å². The Bertz CT molecular complexity index is 631. The molecular weight excluding hydrogens is 348 g/mol. The van der Waals surface area contributed by atoms with Crippen LogP contribution in [-0.4, -0.2) is 35.5 Å². The number of urea groups is 1. The molecule has 0 saturated heterocycles. The number of aliphatic hydroxyl groups is 1. The summed E-state index contributed by atoms with van der Waals surface area (Å²) in [6.07, 6.45) is 0.845. The average molecular weight is 378 g/mol. The van der Waals surface area contributed by atoms with E-state index in [4.69, 9.17) is 10.8 Å². The maximum absolute atomic E-state index is 12.6. The van der Waals surface area contributed by atoms with Crippen molar-refractivity contribution in [2.24, 2.45) is 17.6 Å². The van der Waals surface area contributed by atoms with Gasteiger partial charge in [0.05, 0.1) is 6.61 Å². The van der Waals surface area contributed by atoms with Gasteiger partial charge < -0.3 is 26.8 Å². The summed E-state index contributed by atoms with van der Waals surface area (Å²) in [5.74, 6) is -0.608. The summed E-state index contributed by atoms with van der Waals surface area (Å²) >= 11 is 0. The van der Waals surface area contributed by atoms with Crippen LogP contribution in [0.1, 0.15) is 39.2 Å². The molecule has 0 aliphatic rings. The van der Waals surface area contributed by atoms with Gasteiger partial charge in [0.1, 0.15) is 6.04 Å². The molecule has 0 radical (unpaired) electrons. The number of benzene rings is 1.